The number of carboxylic acids is 1. The Balaban J connectivity index is 0.00000220. The van der Waals surface area contributed by atoms with Gasteiger partial charge in [0, 0.05) is 6.54 Å². The van der Waals surface area contributed by atoms with E-state index in [4.69, 9.17) is 5.73 Å². The van der Waals surface area contributed by atoms with Gasteiger partial charge >= 0.3 is 5.97 Å². The predicted octanol–water partition coefficient (Wildman–Crippen LogP) is 2.92. The first-order valence-corrected chi connectivity index (χ1v) is 6.68. The summed E-state index contributed by atoms with van der Waals surface area (Å²) in [6.07, 6.45) is 0.878. The maximum atomic E-state index is 11.8. The Hall–Kier alpha value is -1.84. The van der Waals surface area contributed by atoms with Crippen molar-refractivity contribution < 1.29 is 9.90 Å². The van der Waals surface area contributed by atoms with E-state index < -0.39 is 11.4 Å². The summed E-state index contributed by atoms with van der Waals surface area (Å²) in [5.74, 6) is -0.840. The van der Waals surface area contributed by atoms with Crippen LogP contribution in [0.3, 0.4) is 0 Å². The van der Waals surface area contributed by atoms with Crippen molar-refractivity contribution in [3.05, 3.63) is 71.8 Å². The topological polar surface area (TPSA) is 63.3 Å². The van der Waals surface area contributed by atoms with Crippen LogP contribution in [0.25, 0.3) is 0 Å². The lowest BCUT2D eigenvalue weighted by molar-refractivity contribution is -0.148. The maximum Gasteiger partial charge on any atom is 0.311 e. The molecule has 3 nitrogen and oxygen atoms in total. The molecule has 112 valence electrons. The molecule has 0 spiro atoms. The maximum absolute atomic E-state index is 11.8. The Morgan fingerprint density at radius 2 is 1.29 bits per heavy atom. The molecule has 2 rings (SSSR count). The van der Waals surface area contributed by atoms with Crippen molar-refractivity contribution in [2.24, 2.45) is 11.1 Å². The molecule has 0 aliphatic carbocycles. The first-order chi connectivity index (χ1) is 9.66. The Kier molecular flexibility index (Phi) is 6.40. The number of benzene rings is 2. The van der Waals surface area contributed by atoms with Crippen LogP contribution in [0.1, 0.15) is 11.1 Å². The third-order valence-electron chi connectivity index (χ3n) is 3.62. The molecule has 21 heavy (non-hydrogen) atoms. The molecule has 0 saturated carbocycles. The van der Waals surface area contributed by atoms with E-state index in [9.17, 15) is 9.90 Å². The van der Waals surface area contributed by atoms with Crippen LogP contribution < -0.4 is 5.73 Å². The van der Waals surface area contributed by atoms with Crippen LogP contribution in [-0.2, 0) is 17.6 Å². The Morgan fingerprint density at radius 1 is 0.905 bits per heavy atom. The highest BCUT2D eigenvalue weighted by atomic mass is 35.5. The zero-order valence-corrected chi connectivity index (χ0v) is 12.6. The third kappa shape index (κ3) is 4.31. The number of carbonyl (C=O) groups is 1. The van der Waals surface area contributed by atoms with Crippen molar-refractivity contribution in [3.8, 4) is 0 Å². The fraction of sp³-hybridized carbons (Fsp3) is 0.235. The van der Waals surface area contributed by atoms with Gasteiger partial charge in [-0.2, -0.15) is 0 Å². The van der Waals surface area contributed by atoms with Crippen molar-refractivity contribution in [1.29, 1.82) is 0 Å². The second-order valence-electron chi connectivity index (χ2n) is 5.11. The fourth-order valence-electron chi connectivity index (χ4n) is 2.42. The average Bonchev–Trinajstić information content (AvgIpc) is 2.48. The Morgan fingerprint density at radius 3 is 1.57 bits per heavy atom. The number of hydrogen-bond acceptors (Lipinski definition) is 2. The zero-order valence-electron chi connectivity index (χ0n) is 11.7. The van der Waals surface area contributed by atoms with Crippen molar-refractivity contribution in [1.82, 2.24) is 0 Å². The zero-order chi connectivity index (χ0) is 14.4. The molecular formula is C17H20ClNO2. The largest absolute Gasteiger partial charge is 0.481 e. The summed E-state index contributed by atoms with van der Waals surface area (Å²) in [7, 11) is 0. The minimum Gasteiger partial charge on any atom is -0.481 e. The van der Waals surface area contributed by atoms with Gasteiger partial charge in [0.1, 0.15) is 0 Å². The van der Waals surface area contributed by atoms with Gasteiger partial charge in [-0.05, 0) is 24.0 Å². The van der Waals surface area contributed by atoms with E-state index in [1.165, 1.54) is 0 Å². The molecule has 0 fully saturated rings. The summed E-state index contributed by atoms with van der Waals surface area (Å²) >= 11 is 0. The molecule has 2 aromatic rings. The summed E-state index contributed by atoms with van der Waals surface area (Å²) in [6, 6.07) is 19.3. The number of rotatable bonds is 6. The Labute approximate surface area is 131 Å². The number of carboxylic acid groups (broad SMARTS) is 1. The fourth-order valence-corrected chi connectivity index (χ4v) is 2.42. The molecule has 0 aliphatic heterocycles. The SMILES string of the molecule is Cl.NCC(Cc1ccccc1)(Cc1ccccc1)C(=O)O. The monoisotopic (exact) mass is 305 g/mol. The normalized spacial score (nSPS) is 10.7. The van der Waals surface area contributed by atoms with Crippen molar-refractivity contribution in [3.63, 3.8) is 0 Å². The molecule has 0 atom stereocenters. The van der Waals surface area contributed by atoms with Crippen LogP contribution in [0.2, 0.25) is 0 Å². The summed E-state index contributed by atoms with van der Waals surface area (Å²) < 4.78 is 0. The summed E-state index contributed by atoms with van der Waals surface area (Å²) in [5, 5.41) is 9.67. The van der Waals surface area contributed by atoms with Gasteiger partial charge in [-0.1, -0.05) is 60.7 Å². The van der Waals surface area contributed by atoms with Crippen LogP contribution in [-0.4, -0.2) is 17.6 Å². The second-order valence-corrected chi connectivity index (χ2v) is 5.11. The molecule has 3 N–H and O–H groups in total. The number of hydrogen-bond donors (Lipinski definition) is 2. The van der Waals surface area contributed by atoms with E-state index >= 15 is 0 Å². The number of halogens is 1. The third-order valence-corrected chi connectivity index (χ3v) is 3.62. The minimum absolute atomic E-state index is 0. The van der Waals surface area contributed by atoms with E-state index in [1.807, 2.05) is 60.7 Å². The van der Waals surface area contributed by atoms with Crippen molar-refractivity contribution in [2.45, 2.75) is 12.8 Å². The van der Waals surface area contributed by atoms with Gasteiger partial charge in [-0.3, -0.25) is 4.79 Å². The lowest BCUT2D eigenvalue weighted by Crippen LogP contribution is -2.42. The van der Waals surface area contributed by atoms with Gasteiger partial charge in [-0.15, -0.1) is 12.4 Å². The van der Waals surface area contributed by atoms with E-state index in [-0.39, 0.29) is 19.0 Å². The van der Waals surface area contributed by atoms with Gasteiger partial charge in [0.15, 0.2) is 0 Å². The van der Waals surface area contributed by atoms with Crippen molar-refractivity contribution >= 4 is 18.4 Å². The second kappa shape index (κ2) is 7.81. The molecule has 0 aliphatic rings. The molecular weight excluding hydrogens is 286 g/mol. The first-order valence-electron chi connectivity index (χ1n) is 6.68. The molecule has 0 amide bonds. The number of aliphatic carboxylic acids is 1. The minimum atomic E-state index is -0.956. The summed E-state index contributed by atoms with van der Waals surface area (Å²) in [6.45, 7) is 0.117. The molecule has 4 heteroatoms. The van der Waals surface area contributed by atoms with Gasteiger partial charge in [-0.25, -0.2) is 0 Å². The molecule has 0 radical (unpaired) electrons. The van der Waals surface area contributed by atoms with Crippen LogP contribution in [0.5, 0.6) is 0 Å². The van der Waals surface area contributed by atoms with E-state index in [0.717, 1.165) is 11.1 Å². The highest BCUT2D eigenvalue weighted by Gasteiger charge is 2.37. The first kappa shape index (κ1) is 17.2. The van der Waals surface area contributed by atoms with E-state index in [1.54, 1.807) is 0 Å². The predicted molar refractivity (Wildman–Crippen MR) is 86.7 cm³/mol. The lowest BCUT2D eigenvalue weighted by Gasteiger charge is -2.28. The standard InChI is InChI=1S/C17H19NO2.ClH/c18-13-17(16(19)20,11-14-7-3-1-4-8-14)12-15-9-5-2-6-10-15;/h1-10H,11-13,18H2,(H,19,20);1H. The smallest absolute Gasteiger partial charge is 0.311 e. The molecule has 0 bridgehead atoms. The van der Waals surface area contributed by atoms with Gasteiger partial charge < -0.3 is 10.8 Å². The van der Waals surface area contributed by atoms with Crippen LogP contribution >= 0.6 is 12.4 Å². The quantitative estimate of drug-likeness (QED) is 0.862. The van der Waals surface area contributed by atoms with Gasteiger partial charge in [0.05, 0.1) is 5.41 Å². The van der Waals surface area contributed by atoms with E-state index in [2.05, 4.69) is 0 Å². The molecule has 0 saturated heterocycles. The highest BCUT2D eigenvalue weighted by molar-refractivity contribution is 5.85. The molecule has 0 unspecified atom stereocenters. The van der Waals surface area contributed by atoms with Gasteiger partial charge in [0.2, 0.25) is 0 Å². The highest BCUT2D eigenvalue weighted by Crippen LogP contribution is 2.27. The molecule has 2 aromatic carbocycles. The van der Waals surface area contributed by atoms with Crippen molar-refractivity contribution in [2.75, 3.05) is 6.54 Å². The lowest BCUT2D eigenvalue weighted by atomic mass is 9.76. The summed E-state index contributed by atoms with van der Waals surface area (Å²) in [4.78, 5) is 11.8. The van der Waals surface area contributed by atoms with Crippen LogP contribution in [0.4, 0.5) is 0 Å². The molecule has 0 aromatic heterocycles. The van der Waals surface area contributed by atoms with Crippen LogP contribution in [0, 0.1) is 5.41 Å². The average molecular weight is 306 g/mol. The van der Waals surface area contributed by atoms with Crippen LogP contribution in [0.15, 0.2) is 60.7 Å². The molecule has 0 heterocycles. The Bertz CT molecular complexity index is 516. The number of nitrogens with two attached hydrogens (primary N) is 1. The van der Waals surface area contributed by atoms with Gasteiger partial charge in [0.25, 0.3) is 0 Å². The summed E-state index contributed by atoms with van der Waals surface area (Å²) in [5.41, 5.74) is 6.86. The van der Waals surface area contributed by atoms with E-state index in [0.29, 0.717) is 12.8 Å².